The lowest BCUT2D eigenvalue weighted by molar-refractivity contribution is 0.624. The molecule has 0 heterocycles. The predicted octanol–water partition coefficient (Wildman–Crippen LogP) is 4.13. The second-order valence-corrected chi connectivity index (χ2v) is 3.86. The molecule has 2 aromatic carbocycles. The van der Waals surface area contributed by atoms with E-state index in [-0.39, 0.29) is 5.56 Å². The van der Waals surface area contributed by atoms with E-state index in [2.05, 4.69) is 12.5 Å². The number of halogens is 2. The third-order valence-electron chi connectivity index (χ3n) is 2.68. The summed E-state index contributed by atoms with van der Waals surface area (Å²) < 4.78 is 27.3. The van der Waals surface area contributed by atoms with Gasteiger partial charge in [-0.2, -0.15) is 0 Å². The van der Waals surface area contributed by atoms with Crippen molar-refractivity contribution in [2.75, 3.05) is 0 Å². The van der Waals surface area contributed by atoms with Crippen molar-refractivity contribution >= 4 is 16.3 Å². The summed E-state index contributed by atoms with van der Waals surface area (Å²) >= 11 is 0. The SMILES string of the molecule is C#Cc1c(F)ccc2c(F)ccc(C(=C)C)c12. The molecule has 0 unspecified atom stereocenters. The van der Waals surface area contributed by atoms with Crippen LogP contribution in [0.3, 0.4) is 0 Å². The van der Waals surface area contributed by atoms with Gasteiger partial charge >= 0.3 is 0 Å². The van der Waals surface area contributed by atoms with E-state index in [1.807, 2.05) is 0 Å². The number of rotatable bonds is 1. The van der Waals surface area contributed by atoms with E-state index in [9.17, 15) is 8.78 Å². The standard InChI is InChI=1S/C15H10F2/c1-4-10-13(16)8-6-12-14(17)7-5-11(9(2)3)15(10)12/h1,5-8H,2H2,3H3. The molecule has 84 valence electrons. The molecule has 2 rings (SSSR count). The van der Waals surface area contributed by atoms with E-state index in [0.29, 0.717) is 16.3 Å². The molecule has 0 aromatic heterocycles. The maximum absolute atomic E-state index is 13.7. The number of hydrogen-bond donors (Lipinski definition) is 0. The number of allylic oxidation sites excluding steroid dienone is 1. The van der Waals surface area contributed by atoms with Crippen LogP contribution in [0.15, 0.2) is 30.8 Å². The first-order valence-electron chi connectivity index (χ1n) is 5.09. The van der Waals surface area contributed by atoms with Crippen molar-refractivity contribution in [2.45, 2.75) is 6.92 Å². The first-order chi connectivity index (χ1) is 8.06. The van der Waals surface area contributed by atoms with Crippen LogP contribution in [0.4, 0.5) is 8.78 Å². The normalized spacial score (nSPS) is 10.2. The van der Waals surface area contributed by atoms with Gasteiger partial charge in [0.15, 0.2) is 0 Å². The lowest BCUT2D eigenvalue weighted by atomic mass is 9.95. The lowest BCUT2D eigenvalue weighted by Crippen LogP contribution is -1.93. The molecule has 0 spiro atoms. The highest BCUT2D eigenvalue weighted by molar-refractivity contribution is 5.97. The van der Waals surface area contributed by atoms with Crippen LogP contribution in [0, 0.1) is 24.0 Å². The summed E-state index contributed by atoms with van der Waals surface area (Å²) in [6.45, 7) is 5.57. The van der Waals surface area contributed by atoms with Crippen molar-refractivity contribution < 1.29 is 8.78 Å². The Morgan fingerprint density at radius 1 is 1.18 bits per heavy atom. The largest absolute Gasteiger partial charge is 0.206 e. The smallest absolute Gasteiger partial charge is 0.139 e. The molecule has 17 heavy (non-hydrogen) atoms. The second kappa shape index (κ2) is 4.03. The minimum absolute atomic E-state index is 0.0833. The van der Waals surface area contributed by atoms with Crippen LogP contribution in [0.2, 0.25) is 0 Å². The zero-order chi connectivity index (χ0) is 12.6. The van der Waals surface area contributed by atoms with Gasteiger partial charge in [0.2, 0.25) is 0 Å². The molecule has 0 amide bonds. The highest BCUT2D eigenvalue weighted by Crippen LogP contribution is 2.30. The quantitative estimate of drug-likeness (QED) is 0.644. The fourth-order valence-corrected chi connectivity index (χ4v) is 1.88. The Bertz CT molecular complexity index is 661. The molecule has 2 heteroatoms. The molecular formula is C15H10F2. The van der Waals surface area contributed by atoms with Gasteiger partial charge in [-0.25, -0.2) is 8.78 Å². The summed E-state index contributed by atoms with van der Waals surface area (Å²) in [5.74, 6) is 1.34. The Hall–Kier alpha value is -2.14. The van der Waals surface area contributed by atoms with Crippen molar-refractivity contribution in [3.63, 3.8) is 0 Å². The third-order valence-corrected chi connectivity index (χ3v) is 2.68. The van der Waals surface area contributed by atoms with Crippen LogP contribution in [-0.4, -0.2) is 0 Å². The molecule has 0 atom stereocenters. The Labute approximate surface area is 98.6 Å². The summed E-state index contributed by atoms with van der Waals surface area (Å²) in [7, 11) is 0. The van der Waals surface area contributed by atoms with E-state index in [4.69, 9.17) is 6.42 Å². The molecule has 0 aliphatic heterocycles. The van der Waals surface area contributed by atoms with Gasteiger partial charge in [0, 0.05) is 10.8 Å². The lowest BCUT2D eigenvalue weighted by Gasteiger charge is -2.10. The summed E-state index contributed by atoms with van der Waals surface area (Å²) in [6.07, 6.45) is 5.29. The highest BCUT2D eigenvalue weighted by Gasteiger charge is 2.13. The number of fused-ring (bicyclic) bond motifs is 1. The molecule has 0 nitrogen and oxygen atoms in total. The van der Waals surface area contributed by atoms with Gasteiger partial charge in [0.1, 0.15) is 11.6 Å². The second-order valence-electron chi connectivity index (χ2n) is 3.86. The van der Waals surface area contributed by atoms with Gasteiger partial charge in [0.25, 0.3) is 0 Å². The summed E-state index contributed by atoms with van der Waals surface area (Å²) in [5, 5.41) is 0.736. The zero-order valence-electron chi connectivity index (χ0n) is 9.35. The summed E-state index contributed by atoms with van der Waals surface area (Å²) in [6, 6.07) is 5.49. The van der Waals surface area contributed by atoms with E-state index >= 15 is 0 Å². The average Bonchev–Trinajstić information content (AvgIpc) is 2.28. The first-order valence-corrected chi connectivity index (χ1v) is 5.09. The Kier molecular flexibility index (Phi) is 2.69. The van der Waals surface area contributed by atoms with Gasteiger partial charge in [-0.1, -0.05) is 24.1 Å². The number of terminal acetylenes is 1. The van der Waals surface area contributed by atoms with Crippen LogP contribution < -0.4 is 0 Å². The average molecular weight is 228 g/mol. The van der Waals surface area contributed by atoms with Crippen LogP contribution >= 0.6 is 0 Å². The Morgan fingerprint density at radius 3 is 2.41 bits per heavy atom. The number of benzene rings is 2. The third kappa shape index (κ3) is 1.70. The fraction of sp³-hybridized carbons (Fsp3) is 0.0667. The van der Waals surface area contributed by atoms with E-state index in [1.54, 1.807) is 13.0 Å². The van der Waals surface area contributed by atoms with E-state index in [1.165, 1.54) is 18.2 Å². The van der Waals surface area contributed by atoms with E-state index in [0.717, 1.165) is 5.57 Å². The first kappa shape index (κ1) is 11.3. The molecule has 0 fully saturated rings. The topological polar surface area (TPSA) is 0 Å². The molecule has 0 saturated heterocycles. The van der Waals surface area contributed by atoms with Crippen molar-refractivity contribution in [2.24, 2.45) is 0 Å². The molecule has 0 N–H and O–H groups in total. The molecule has 0 radical (unpaired) electrons. The summed E-state index contributed by atoms with van der Waals surface area (Å²) in [5.41, 5.74) is 1.48. The van der Waals surface area contributed by atoms with Crippen LogP contribution in [-0.2, 0) is 0 Å². The predicted molar refractivity (Wildman–Crippen MR) is 66.5 cm³/mol. The van der Waals surface area contributed by atoms with Crippen LogP contribution in [0.5, 0.6) is 0 Å². The summed E-state index contributed by atoms with van der Waals surface area (Å²) in [4.78, 5) is 0. The van der Waals surface area contributed by atoms with Crippen molar-refractivity contribution in [3.05, 3.63) is 53.6 Å². The zero-order valence-corrected chi connectivity index (χ0v) is 9.35. The van der Waals surface area contributed by atoms with Gasteiger partial charge < -0.3 is 0 Å². The minimum Gasteiger partial charge on any atom is -0.206 e. The molecule has 0 saturated carbocycles. The van der Waals surface area contributed by atoms with Gasteiger partial charge in [0.05, 0.1) is 5.56 Å². The van der Waals surface area contributed by atoms with Crippen molar-refractivity contribution in [1.29, 1.82) is 0 Å². The van der Waals surface area contributed by atoms with Gasteiger partial charge in [-0.3, -0.25) is 0 Å². The van der Waals surface area contributed by atoms with Gasteiger partial charge in [-0.05, 0) is 30.7 Å². The van der Waals surface area contributed by atoms with Gasteiger partial charge in [-0.15, -0.1) is 6.42 Å². The highest BCUT2D eigenvalue weighted by atomic mass is 19.1. The van der Waals surface area contributed by atoms with Crippen LogP contribution in [0.25, 0.3) is 16.3 Å². The van der Waals surface area contributed by atoms with Crippen molar-refractivity contribution in [3.8, 4) is 12.3 Å². The molecule has 0 aliphatic carbocycles. The Balaban J connectivity index is 3.06. The number of hydrogen-bond acceptors (Lipinski definition) is 0. The minimum atomic E-state index is -0.520. The van der Waals surface area contributed by atoms with E-state index < -0.39 is 11.6 Å². The molecule has 0 aliphatic rings. The molecule has 0 bridgehead atoms. The maximum atomic E-state index is 13.7. The fourth-order valence-electron chi connectivity index (χ4n) is 1.88. The monoisotopic (exact) mass is 228 g/mol. The van der Waals surface area contributed by atoms with Crippen molar-refractivity contribution in [1.82, 2.24) is 0 Å². The molecule has 2 aromatic rings. The molecular weight excluding hydrogens is 218 g/mol. The van der Waals surface area contributed by atoms with Crippen LogP contribution in [0.1, 0.15) is 18.1 Å². The Morgan fingerprint density at radius 2 is 1.82 bits per heavy atom. The maximum Gasteiger partial charge on any atom is 0.139 e.